The van der Waals surface area contributed by atoms with Gasteiger partial charge >= 0.3 is 0 Å². The van der Waals surface area contributed by atoms with Crippen LogP contribution in [-0.2, 0) is 26.3 Å². The Morgan fingerprint density at radius 3 is 2.26 bits per heavy atom. The summed E-state index contributed by atoms with van der Waals surface area (Å²) in [5.74, 6) is -0.677. The first-order valence-electron chi connectivity index (χ1n) is 10.3. The number of carbonyl (C=O) groups excluding carboxylic acids is 1. The van der Waals surface area contributed by atoms with Crippen molar-refractivity contribution in [1.29, 1.82) is 0 Å². The minimum atomic E-state index is -3.89. The smallest absolute Gasteiger partial charge is 0.261 e. The van der Waals surface area contributed by atoms with E-state index in [1.165, 1.54) is 12.1 Å². The standard InChI is InChI=1S/C22H30N2O5S2/c1-4-6-7-18-9-11-19(12-10-18)24-31(28,29)20-13-8-17(3)21(16-20)22(25)23-14-15-30(26,27)5-2/h8-13,16,24H,4-7,14-15H2,1-3H3,(H,23,25). The Balaban J connectivity index is 2.14. The van der Waals surface area contributed by atoms with Crippen molar-refractivity contribution in [2.75, 3.05) is 22.8 Å². The van der Waals surface area contributed by atoms with Gasteiger partial charge < -0.3 is 5.32 Å². The molecule has 0 aliphatic heterocycles. The fraction of sp³-hybridized carbons (Fsp3) is 0.409. The number of benzene rings is 2. The van der Waals surface area contributed by atoms with Crippen LogP contribution in [-0.4, -0.2) is 40.8 Å². The Morgan fingerprint density at radius 2 is 1.65 bits per heavy atom. The number of sulfonamides is 1. The van der Waals surface area contributed by atoms with Crippen molar-refractivity contribution in [3.8, 4) is 0 Å². The van der Waals surface area contributed by atoms with E-state index >= 15 is 0 Å². The van der Waals surface area contributed by atoms with E-state index in [-0.39, 0.29) is 28.5 Å². The molecule has 0 spiro atoms. The highest BCUT2D eigenvalue weighted by Crippen LogP contribution is 2.20. The summed E-state index contributed by atoms with van der Waals surface area (Å²) in [4.78, 5) is 12.4. The number of anilines is 1. The molecule has 2 aromatic rings. The van der Waals surface area contributed by atoms with Crippen LogP contribution in [0.2, 0.25) is 0 Å². The maximum atomic E-state index is 12.8. The van der Waals surface area contributed by atoms with Crippen LogP contribution >= 0.6 is 0 Å². The van der Waals surface area contributed by atoms with Crippen LogP contribution in [0, 0.1) is 6.92 Å². The van der Waals surface area contributed by atoms with Crippen LogP contribution in [0.15, 0.2) is 47.4 Å². The number of carbonyl (C=O) groups is 1. The number of rotatable bonds is 11. The van der Waals surface area contributed by atoms with E-state index in [0.29, 0.717) is 11.3 Å². The van der Waals surface area contributed by atoms with Crippen molar-refractivity contribution in [2.24, 2.45) is 0 Å². The summed E-state index contributed by atoms with van der Waals surface area (Å²) in [6.07, 6.45) is 3.11. The first kappa shape index (κ1) is 24.9. The van der Waals surface area contributed by atoms with Gasteiger partial charge in [-0.15, -0.1) is 0 Å². The molecular weight excluding hydrogens is 436 g/mol. The molecule has 2 N–H and O–H groups in total. The van der Waals surface area contributed by atoms with E-state index in [1.807, 2.05) is 12.1 Å². The van der Waals surface area contributed by atoms with E-state index in [1.54, 1.807) is 32.0 Å². The van der Waals surface area contributed by atoms with Gasteiger partial charge in [-0.25, -0.2) is 16.8 Å². The number of sulfone groups is 1. The monoisotopic (exact) mass is 466 g/mol. The molecule has 0 heterocycles. The quantitative estimate of drug-likeness (QED) is 0.528. The number of unbranched alkanes of at least 4 members (excludes halogenated alkanes) is 1. The minimum absolute atomic E-state index is 0.000873. The predicted octanol–water partition coefficient (Wildman–Crippen LogP) is 3.30. The molecule has 7 nitrogen and oxygen atoms in total. The summed E-state index contributed by atoms with van der Waals surface area (Å²) in [6.45, 7) is 5.32. The lowest BCUT2D eigenvalue weighted by atomic mass is 10.1. The molecule has 170 valence electrons. The third kappa shape index (κ3) is 7.36. The van der Waals surface area contributed by atoms with Gasteiger partial charge in [0.2, 0.25) is 0 Å². The lowest BCUT2D eigenvalue weighted by Gasteiger charge is -2.12. The lowest BCUT2D eigenvalue weighted by Crippen LogP contribution is -2.30. The average Bonchev–Trinajstić information content (AvgIpc) is 2.73. The molecule has 31 heavy (non-hydrogen) atoms. The molecule has 0 saturated heterocycles. The highest BCUT2D eigenvalue weighted by atomic mass is 32.2. The van der Waals surface area contributed by atoms with Gasteiger partial charge in [0.05, 0.1) is 10.6 Å². The highest BCUT2D eigenvalue weighted by Gasteiger charge is 2.19. The zero-order chi connectivity index (χ0) is 23.1. The van der Waals surface area contributed by atoms with Crippen molar-refractivity contribution in [2.45, 2.75) is 44.9 Å². The highest BCUT2D eigenvalue weighted by molar-refractivity contribution is 7.92. The zero-order valence-electron chi connectivity index (χ0n) is 18.1. The van der Waals surface area contributed by atoms with E-state index in [9.17, 15) is 21.6 Å². The molecule has 2 rings (SSSR count). The Labute approximate surface area is 185 Å². The molecule has 0 saturated carbocycles. The van der Waals surface area contributed by atoms with Crippen molar-refractivity contribution in [1.82, 2.24) is 5.32 Å². The van der Waals surface area contributed by atoms with Crippen LogP contribution in [0.25, 0.3) is 0 Å². The first-order valence-corrected chi connectivity index (χ1v) is 13.6. The molecule has 0 atom stereocenters. The molecule has 0 aliphatic rings. The lowest BCUT2D eigenvalue weighted by molar-refractivity contribution is 0.0955. The van der Waals surface area contributed by atoms with Crippen LogP contribution in [0.5, 0.6) is 0 Å². The molecule has 0 aromatic heterocycles. The zero-order valence-corrected chi connectivity index (χ0v) is 19.8. The molecule has 0 unspecified atom stereocenters. The topological polar surface area (TPSA) is 109 Å². The molecule has 0 aliphatic carbocycles. The number of amides is 1. The molecule has 0 fully saturated rings. The van der Waals surface area contributed by atoms with Gasteiger partial charge in [0, 0.05) is 23.5 Å². The van der Waals surface area contributed by atoms with Gasteiger partial charge in [-0.05, 0) is 55.2 Å². The van der Waals surface area contributed by atoms with Gasteiger partial charge in [0.15, 0.2) is 9.84 Å². The summed E-state index contributed by atoms with van der Waals surface area (Å²) in [5, 5.41) is 2.55. The average molecular weight is 467 g/mol. The van der Waals surface area contributed by atoms with Gasteiger partial charge in [-0.2, -0.15) is 0 Å². The predicted molar refractivity (Wildman–Crippen MR) is 124 cm³/mol. The summed E-state index contributed by atoms with van der Waals surface area (Å²) >= 11 is 0. The largest absolute Gasteiger partial charge is 0.351 e. The van der Waals surface area contributed by atoms with Crippen molar-refractivity contribution < 1.29 is 21.6 Å². The maximum Gasteiger partial charge on any atom is 0.261 e. The second kappa shape index (κ2) is 10.8. The molecular formula is C22H30N2O5S2. The molecule has 1 amide bonds. The number of aryl methyl sites for hydroxylation is 2. The van der Waals surface area contributed by atoms with Crippen molar-refractivity contribution in [3.63, 3.8) is 0 Å². The van der Waals surface area contributed by atoms with E-state index in [0.717, 1.165) is 24.8 Å². The number of hydrogen-bond donors (Lipinski definition) is 2. The number of nitrogens with one attached hydrogen (secondary N) is 2. The third-order valence-corrected chi connectivity index (χ3v) is 8.01. The number of hydrogen-bond acceptors (Lipinski definition) is 5. The SMILES string of the molecule is CCCCc1ccc(NS(=O)(=O)c2ccc(C)c(C(=O)NCCS(=O)(=O)CC)c2)cc1. The van der Waals surface area contributed by atoms with Crippen molar-refractivity contribution >= 4 is 31.5 Å². The second-order valence-corrected chi connectivity index (χ2v) is 11.5. The van der Waals surface area contributed by atoms with Gasteiger partial charge in [0.25, 0.3) is 15.9 Å². The third-order valence-electron chi connectivity index (χ3n) is 4.93. The Kier molecular flexibility index (Phi) is 8.64. The van der Waals surface area contributed by atoms with E-state index < -0.39 is 25.8 Å². The van der Waals surface area contributed by atoms with Crippen LogP contribution in [0.1, 0.15) is 48.2 Å². The summed E-state index contributed by atoms with van der Waals surface area (Å²) in [5.41, 5.74) is 2.36. The molecule has 9 heteroatoms. The van der Waals surface area contributed by atoms with Crippen LogP contribution in [0.4, 0.5) is 5.69 Å². The first-order chi connectivity index (χ1) is 14.6. The van der Waals surface area contributed by atoms with E-state index in [4.69, 9.17) is 0 Å². The Bertz CT molecular complexity index is 1110. The van der Waals surface area contributed by atoms with Gasteiger partial charge in [0.1, 0.15) is 0 Å². The second-order valence-electron chi connectivity index (χ2n) is 7.37. The summed E-state index contributed by atoms with van der Waals surface area (Å²) in [7, 11) is -7.09. The van der Waals surface area contributed by atoms with Gasteiger partial charge in [-0.3, -0.25) is 9.52 Å². The fourth-order valence-corrected chi connectivity index (χ4v) is 4.69. The summed E-state index contributed by atoms with van der Waals surface area (Å²) < 4.78 is 51.3. The Hall–Kier alpha value is -2.39. The van der Waals surface area contributed by atoms with E-state index in [2.05, 4.69) is 17.0 Å². The Morgan fingerprint density at radius 1 is 0.968 bits per heavy atom. The molecule has 0 radical (unpaired) electrons. The van der Waals surface area contributed by atoms with Gasteiger partial charge in [-0.1, -0.05) is 38.5 Å². The normalized spacial score (nSPS) is 11.8. The molecule has 2 aromatic carbocycles. The van der Waals surface area contributed by atoms with Crippen molar-refractivity contribution in [3.05, 3.63) is 59.2 Å². The minimum Gasteiger partial charge on any atom is -0.351 e. The van der Waals surface area contributed by atoms with Crippen LogP contribution in [0.3, 0.4) is 0 Å². The van der Waals surface area contributed by atoms with Crippen LogP contribution < -0.4 is 10.0 Å². The fourth-order valence-electron chi connectivity index (χ4n) is 2.91. The summed E-state index contributed by atoms with van der Waals surface area (Å²) in [6, 6.07) is 11.5. The molecule has 0 bridgehead atoms. The maximum absolute atomic E-state index is 12.8.